The van der Waals surface area contributed by atoms with E-state index in [0.29, 0.717) is 19.1 Å². The van der Waals surface area contributed by atoms with Gasteiger partial charge in [0.1, 0.15) is 5.75 Å². The largest absolute Gasteiger partial charge is 0.494 e. The first kappa shape index (κ1) is 35.2. The van der Waals surface area contributed by atoms with Gasteiger partial charge in [-0.25, -0.2) is 0 Å². The molecular weight excluding hydrogens is 594 g/mol. The number of aliphatic imine (C=N–C) groups is 1. The van der Waals surface area contributed by atoms with Crippen LogP contribution in [-0.4, -0.2) is 73.7 Å². The van der Waals surface area contributed by atoms with Crippen LogP contribution in [0.25, 0.3) is 0 Å². The summed E-state index contributed by atoms with van der Waals surface area (Å²) in [4.78, 5) is 14.1. The van der Waals surface area contributed by atoms with Gasteiger partial charge in [0.15, 0.2) is 6.19 Å². The number of aromatic nitrogens is 1. The number of nitriles is 1. The first-order valence-corrected chi connectivity index (χ1v) is 17.2. The van der Waals surface area contributed by atoms with E-state index in [0.717, 1.165) is 74.7 Å². The normalized spacial score (nSPS) is 14.5. The van der Waals surface area contributed by atoms with Gasteiger partial charge in [0, 0.05) is 48.9 Å². The van der Waals surface area contributed by atoms with Crippen LogP contribution in [0.2, 0.25) is 5.02 Å². The summed E-state index contributed by atoms with van der Waals surface area (Å²) >= 11 is 6.14. The summed E-state index contributed by atoms with van der Waals surface area (Å²) in [5.74, 6) is 1.68. The molecule has 1 aliphatic heterocycles. The van der Waals surface area contributed by atoms with Crippen LogP contribution in [0, 0.1) is 11.5 Å². The Balaban J connectivity index is 1.09. The average molecular weight is 644 g/mol. The molecule has 2 N–H and O–H groups in total. The standard InChI is InChI=1S/C37H50ClN7O/c1-44(26-19-35(36-14-4-6-20-40-36)32-15-17-33(38)18-16-32)23-7-2-5-21-41-37(43-30-39)42-22-11-27-46-34-13-10-12-31(28-34)29-45-24-8-3-9-25-45/h4,6,10,12-18,20,28,35H,2-3,5,7-9,11,19,21-27,29H2,1H3,(H2,41,42,43). The van der Waals surface area contributed by atoms with E-state index in [1.807, 2.05) is 36.7 Å². The summed E-state index contributed by atoms with van der Waals surface area (Å²) in [6.45, 7) is 7.34. The molecule has 0 bridgehead atoms. The molecule has 0 aliphatic carbocycles. The highest BCUT2D eigenvalue weighted by Gasteiger charge is 2.16. The van der Waals surface area contributed by atoms with Crippen molar-refractivity contribution < 1.29 is 4.74 Å². The number of likely N-dealkylation sites (tertiary alicyclic amines) is 1. The molecule has 246 valence electrons. The molecule has 1 unspecified atom stereocenters. The molecule has 0 spiro atoms. The Morgan fingerprint density at radius 2 is 1.87 bits per heavy atom. The smallest absolute Gasteiger partial charge is 0.204 e. The lowest BCUT2D eigenvalue weighted by Crippen LogP contribution is -2.35. The number of hydrogen-bond acceptors (Lipinski definition) is 6. The second-order valence-corrected chi connectivity index (χ2v) is 12.5. The average Bonchev–Trinajstić information content (AvgIpc) is 3.08. The van der Waals surface area contributed by atoms with Gasteiger partial charge in [0.2, 0.25) is 5.96 Å². The van der Waals surface area contributed by atoms with E-state index >= 15 is 0 Å². The van der Waals surface area contributed by atoms with E-state index in [1.165, 1.54) is 43.5 Å². The fraction of sp³-hybridized carbons (Fsp3) is 0.486. The minimum Gasteiger partial charge on any atom is -0.494 e. The fourth-order valence-corrected chi connectivity index (χ4v) is 5.99. The van der Waals surface area contributed by atoms with Gasteiger partial charge in [0.25, 0.3) is 0 Å². The summed E-state index contributed by atoms with van der Waals surface area (Å²) in [6.07, 6.45) is 12.8. The van der Waals surface area contributed by atoms with Crippen molar-refractivity contribution in [3.05, 3.63) is 94.8 Å². The minimum absolute atomic E-state index is 0.238. The summed E-state index contributed by atoms with van der Waals surface area (Å²) in [6, 6.07) is 22.7. The van der Waals surface area contributed by atoms with Crippen LogP contribution >= 0.6 is 11.6 Å². The van der Waals surface area contributed by atoms with Crippen molar-refractivity contribution in [3.63, 3.8) is 0 Å². The summed E-state index contributed by atoms with van der Waals surface area (Å²) in [7, 11) is 2.19. The molecule has 0 radical (unpaired) electrons. The van der Waals surface area contributed by atoms with Crippen LogP contribution in [0.3, 0.4) is 0 Å². The summed E-state index contributed by atoms with van der Waals surface area (Å²) < 4.78 is 6.00. The predicted molar refractivity (Wildman–Crippen MR) is 188 cm³/mol. The number of hydrogen-bond donors (Lipinski definition) is 2. The maximum Gasteiger partial charge on any atom is 0.204 e. The molecule has 3 aromatic rings. The van der Waals surface area contributed by atoms with Gasteiger partial charge in [-0.1, -0.05) is 54.8 Å². The van der Waals surface area contributed by atoms with Gasteiger partial charge in [-0.3, -0.25) is 20.2 Å². The second-order valence-electron chi connectivity index (χ2n) is 12.1. The lowest BCUT2D eigenvalue weighted by molar-refractivity contribution is 0.220. The monoisotopic (exact) mass is 643 g/mol. The van der Waals surface area contributed by atoms with E-state index in [-0.39, 0.29) is 5.92 Å². The number of benzene rings is 2. The van der Waals surface area contributed by atoms with E-state index in [4.69, 9.17) is 21.6 Å². The molecule has 1 aliphatic rings. The van der Waals surface area contributed by atoms with E-state index < -0.39 is 0 Å². The Morgan fingerprint density at radius 1 is 1.02 bits per heavy atom. The summed E-state index contributed by atoms with van der Waals surface area (Å²) in [5, 5.41) is 15.9. The van der Waals surface area contributed by atoms with Crippen LogP contribution in [0.4, 0.5) is 0 Å². The highest BCUT2D eigenvalue weighted by Crippen LogP contribution is 2.28. The highest BCUT2D eigenvalue weighted by molar-refractivity contribution is 6.30. The Hall–Kier alpha value is -3.64. The van der Waals surface area contributed by atoms with Crippen molar-refractivity contribution in [2.45, 2.75) is 63.8 Å². The highest BCUT2D eigenvalue weighted by atomic mass is 35.5. The van der Waals surface area contributed by atoms with Crippen molar-refractivity contribution in [1.82, 2.24) is 25.4 Å². The SMILES string of the molecule is CN(CCCCCNC(=NCCCOc1cccc(CN2CCCCC2)c1)NC#N)CCC(c1ccc(Cl)cc1)c1ccccn1. The quantitative estimate of drug-likeness (QED) is 0.0516. The number of guanidine groups is 1. The third-order valence-corrected chi connectivity index (χ3v) is 8.65. The van der Waals surface area contributed by atoms with E-state index in [9.17, 15) is 0 Å². The number of pyridine rings is 1. The fourth-order valence-electron chi connectivity index (χ4n) is 5.86. The van der Waals surface area contributed by atoms with Gasteiger partial charge in [-0.05, 0) is 113 Å². The van der Waals surface area contributed by atoms with Crippen molar-refractivity contribution in [3.8, 4) is 11.9 Å². The van der Waals surface area contributed by atoms with Crippen molar-refractivity contribution in [1.29, 1.82) is 5.26 Å². The topological polar surface area (TPSA) is 88.8 Å². The Labute approximate surface area is 280 Å². The Kier molecular flexibility index (Phi) is 15.7. The number of rotatable bonds is 18. The zero-order chi connectivity index (χ0) is 32.2. The van der Waals surface area contributed by atoms with Crippen LogP contribution < -0.4 is 15.4 Å². The molecule has 8 nitrogen and oxygen atoms in total. The molecule has 2 heterocycles. The Bertz CT molecular complexity index is 1340. The molecule has 1 aromatic heterocycles. The third-order valence-electron chi connectivity index (χ3n) is 8.39. The lowest BCUT2D eigenvalue weighted by Gasteiger charge is -2.26. The number of nitrogens with one attached hydrogen (secondary N) is 2. The maximum atomic E-state index is 9.16. The number of nitrogens with zero attached hydrogens (tertiary/aromatic N) is 5. The first-order chi connectivity index (χ1) is 22.6. The van der Waals surface area contributed by atoms with Crippen LogP contribution in [0.1, 0.15) is 74.1 Å². The van der Waals surface area contributed by atoms with Gasteiger partial charge in [0.05, 0.1) is 6.61 Å². The number of ether oxygens (including phenoxy) is 1. The zero-order valence-electron chi connectivity index (χ0n) is 27.3. The summed E-state index contributed by atoms with van der Waals surface area (Å²) in [5.41, 5.74) is 3.64. The molecule has 1 fully saturated rings. The Morgan fingerprint density at radius 3 is 2.65 bits per heavy atom. The molecule has 1 saturated heterocycles. The molecule has 1 atom stereocenters. The van der Waals surface area contributed by atoms with E-state index in [1.54, 1.807) is 0 Å². The zero-order valence-corrected chi connectivity index (χ0v) is 28.1. The van der Waals surface area contributed by atoms with Gasteiger partial charge < -0.3 is 15.0 Å². The van der Waals surface area contributed by atoms with E-state index in [2.05, 4.69) is 79.9 Å². The van der Waals surface area contributed by atoms with Gasteiger partial charge in [-0.15, -0.1) is 0 Å². The molecular formula is C37H50ClN7O. The van der Waals surface area contributed by atoms with Crippen molar-refractivity contribution in [2.75, 3.05) is 52.9 Å². The van der Waals surface area contributed by atoms with Crippen molar-refractivity contribution >= 4 is 17.6 Å². The maximum absolute atomic E-state index is 9.16. The third kappa shape index (κ3) is 13.0. The molecule has 46 heavy (non-hydrogen) atoms. The second kappa shape index (κ2) is 20.5. The number of piperidine rings is 1. The first-order valence-electron chi connectivity index (χ1n) is 16.8. The van der Waals surface area contributed by atoms with Gasteiger partial charge in [-0.2, -0.15) is 5.26 Å². The minimum atomic E-state index is 0.238. The molecule has 0 saturated carbocycles. The molecule has 0 amide bonds. The number of unbranched alkanes of at least 4 members (excludes halogenated alkanes) is 2. The van der Waals surface area contributed by atoms with Gasteiger partial charge >= 0.3 is 0 Å². The predicted octanol–water partition coefficient (Wildman–Crippen LogP) is 6.83. The molecule has 4 rings (SSSR count). The molecule has 9 heteroatoms. The van der Waals surface area contributed by atoms with Crippen LogP contribution in [0.5, 0.6) is 5.75 Å². The van der Waals surface area contributed by atoms with Crippen molar-refractivity contribution in [2.24, 2.45) is 4.99 Å². The van der Waals surface area contributed by atoms with Crippen LogP contribution in [-0.2, 0) is 6.54 Å². The lowest BCUT2D eigenvalue weighted by atomic mass is 9.92. The van der Waals surface area contributed by atoms with Crippen LogP contribution in [0.15, 0.2) is 77.9 Å². The molecule has 2 aromatic carbocycles. The number of halogens is 1.